The second-order valence-electron chi connectivity index (χ2n) is 6.66. The molecule has 0 radical (unpaired) electrons. The number of halogens is 5. The molecule has 2 N–H and O–H groups in total. The number of anilines is 1. The molecule has 7 nitrogen and oxygen atoms in total. The number of hydrogen-bond donors (Lipinski definition) is 2. The summed E-state index contributed by atoms with van der Waals surface area (Å²) < 4.78 is 84.3. The smallest absolute Gasteiger partial charge is 0.419 e. The quantitative estimate of drug-likeness (QED) is 0.520. The van der Waals surface area contributed by atoms with E-state index in [1.54, 1.807) is 0 Å². The Labute approximate surface area is 198 Å². The summed E-state index contributed by atoms with van der Waals surface area (Å²) in [4.78, 5) is -0.174. The van der Waals surface area contributed by atoms with E-state index < -0.39 is 33.6 Å². The molecule has 0 aliphatic carbocycles. The SMILES string of the molecule is COc1ccc(S(=O)(=O)Nc2ccc(C(F)(F)F)c(OC3CCNC3)c2)c(Br)c1OC.Cl. The number of sulfonamides is 1. The molecule has 2 aromatic rings. The summed E-state index contributed by atoms with van der Waals surface area (Å²) in [5, 5.41) is 3.01. The van der Waals surface area contributed by atoms with Crippen molar-refractivity contribution >= 4 is 44.0 Å². The van der Waals surface area contributed by atoms with E-state index in [-0.39, 0.29) is 33.2 Å². The molecule has 2 aromatic carbocycles. The first-order valence-corrected chi connectivity index (χ1v) is 11.4. The number of methoxy groups -OCH3 is 2. The summed E-state index contributed by atoms with van der Waals surface area (Å²) in [5.41, 5.74) is -1.05. The monoisotopic (exact) mass is 560 g/mol. The predicted molar refractivity (Wildman–Crippen MR) is 119 cm³/mol. The first-order chi connectivity index (χ1) is 14.6. The van der Waals surface area contributed by atoms with Crippen molar-refractivity contribution in [1.82, 2.24) is 5.32 Å². The van der Waals surface area contributed by atoms with Crippen LogP contribution in [-0.2, 0) is 16.2 Å². The van der Waals surface area contributed by atoms with Crippen LogP contribution in [0, 0.1) is 0 Å². The Morgan fingerprint density at radius 1 is 1.12 bits per heavy atom. The van der Waals surface area contributed by atoms with Gasteiger partial charge in [0.05, 0.1) is 29.9 Å². The zero-order valence-electron chi connectivity index (χ0n) is 17.0. The van der Waals surface area contributed by atoms with Gasteiger partial charge >= 0.3 is 6.18 Å². The Kier molecular flexibility index (Phi) is 8.54. The minimum Gasteiger partial charge on any atom is -0.493 e. The second kappa shape index (κ2) is 10.4. The van der Waals surface area contributed by atoms with Crippen molar-refractivity contribution in [2.45, 2.75) is 23.6 Å². The summed E-state index contributed by atoms with van der Waals surface area (Å²) in [5.74, 6) is 0.0343. The molecule has 0 aromatic heterocycles. The van der Waals surface area contributed by atoms with Gasteiger partial charge in [0.2, 0.25) is 0 Å². The zero-order chi connectivity index (χ0) is 22.8. The molecule has 0 spiro atoms. The van der Waals surface area contributed by atoms with Crippen LogP contribution in [0.2, 0.25) is 0 Å². The van der Waals surface area contributed by atoms with E-state index in [4.69, 9.17) is 14.2 Å². The standard InChI is InChI=1S/C19H20BrF3N2O5S.ClH/c1-28-14-5-6-16(17(20)18(14)29-2)31(26,27)25-11-3-4-13(19(21,22)23)15(9-11)30-12-7-8-24-10-12;/h3-6,9,12,24-25H,7-8,10H2,1-2H3;1H. The van der Waals surface area contributed by atoms with Gasteiger partial charge in [-0.3, -0.25) is 4.72 Å². The average molecular weight is 562 g/mol. The Morgan fingerprint density at radius 2 is 1.84 bits per heavy atom. The maximum Gasteiger partial charge on any atom is 0.419 e. The molecule has 1 aliphatic rings. The lowest BCUT2D eigenvalue weighted by molar-refractivity contribution is -0.139. The Balaban J connectivity index is 0.00000363. The van der Waals surface area contributed by atoms with E-state index in [1.165, 1.54) is 26.4 Å². The van der Waals surface area contributed by atoms with Gasteiger partial charge in [0.1, 0.15) is 16.7 Å². The van der Waals surface area contributed by atoms with Gasteiger partial charge in [-0.2, -0.15) is 13.2 Å². The van der Waals surface area contributed by atoms with Crippen molar-refractivity contribution in [1.29, 1.82) is 0 Å². The van der Waals surface area contributed by atoms with Gasteiger partial charge in [-0.25, -0.2) is 8.42 Å². The van der Waals surface area contributed by atoms with E-state index in [2.05, 4.69) is 26.0 Å². The van der Waals surface area contributed by atoms with Gasteiger partial charge in [-0.15, -0.1) is 12.4 Å². The van der Waals surface area contributed by atoms with Crippen LogP contribution >= 0.6 is 28.3 Å². The largest absolute Gasteiger partial charge is 0.493 e. The molecule has 1 atom stereocenters. The number of rotatable bonds is 7. The molecule has 1 fully saturated rings. The number of alkyl halides is 3. The van der Waals surface area contributed by atoms with E-state index in [9.17, 15) is 21.6 Å². The molecular weight excluding hydrogens is 541 g/mol. The number of benzene rings is 2. The minimum atomic E-state index is -4.65. The normalized spacial score (nSPS) is 16.2. The second-order valence-corrected chi connectivity index (χ2v) is 9.10. The fourth-order valence-corrected chi connectivity index (χ4v) is 5.37. The highest BCUT2D eigenvalue weighted by atomic mass is 79.9. The summed E-state index contributed by atoms with van der Waals surface area (Å²) in [6.45, 7) is 1.04. The maximum atomic E-state index is 13.4. The first-order valence-electron chi connectivity index (χ1n) is 9.08. The van der Waals surface area contributed by atoms with Gasteiger partial charge in [0.15, 0.2) is 11.5 Å². The summed E-state index contributed by atoms with van der Waals surface area (Å²) >= 11 is 3.19. The molecule has 1 saturated heterocycles. The Hall–Kier alpha value is -1.89. The lowest BCUT2D eigenvalue weighted by atomic mass is 10.1. The number of hydrogen-bond acceptors (Lipinski definition) is 6. The van der Waals surface area contributed by atoms with Crippen molar-refractivity contribution in [2.75, 3.05) is 32.0 Å². The number of ether oxygens (including phenoxy) is 3. The molecule has 0 bridgehead atoms. The van der Waals surface area contributed by atoms with Crippen molar-refractivity contribution in [3.63, 3.8) is 0 Å². The van der Waals surface area contributed by atoms with Gasteiger partial charge in [-0.05, 0) is 53.2 Å². The fourth-order valence-electron chi connectivity index (χ4n) is 3.11. The van der Waals surface area contributed by atoms with Crippen molar-refractivity contribution in [3.8, 4) is 17.2 Å². The van der Waals surface area contributed by atoms with E-state index in [0.29, 0.717) is 25.3 Å². The highest BCUT2D eigenvalue weighted by Gasteiger charge is 2.36. The molecule has 178 valence electrons. The summed E-state index contributed by atoms with van der Waals surface area (Å²) in [6, 6.07) is 5.56. The van der Waals surface area contributed by atoms with Crippen LogP contribution < -0.4 is 24.2 Å². The third kappa shape index (κ3) is 5.72. The molecule has 1 unspecified atom stereocenters. The number of nitrogens with one attached hydrogen (secondary N) is 2. The third-order valence-electron chi connectivity index (χ3n) is 4.59. The lowest BCUT2D eigenvalue weighted by Gasteiger charge is -2.19. The Bertz CT molecular complexity index is 1060. The van der Waals surface area contributed by atoms with Crippen LogP contribution in [0.5, 0.6) is 17.2 Å². The van der Waals surface area contributed by atoms with Crippen molar-refractivity contribution in [3.05, 3.63) is 40.4 Å². The fraction of sp³-hybridized carbons (Fsp3) is 0.368. The zero-order valence-corrected chi connectivity index (χ0v) is 20.2. The maximum absolute atomic E-state index is 13.4. The van der Waals surface area contributed by atoms with Crippen LogP contribution in [0.15, 0.2) is 39.7 Å². The summed E-state index contributed by atoms with van der Waals surface area (Å²) in [6.07, 6.45) is -4.54. The van der Waals surface area contributed by atoms with E-state index >= 15 is 0 Å². The molecular formula is C19H21BrClF3N2O5S. The van der Waals surface area contributed by atoms with Gasteiger partial charge in [-0.1, -0.05) is 0 Å². The third-order valence-corrected chi connectivity index (χ3v) is 7.06. The minimum absolute atomic E-state index is 0. The van der Waals surface area contributed by atoms with Crippen molar-refractivity contribution < 1.29 is 35.8 Å². The highest BCUT2D eigenvalue weighted by Crippen LogP contribution is 2.41. The van der Waals surface area contributed by atoms with E-state index in [0.717, 1.165) is 18.2 Å². The molecule has 1 heterocycles. The first kappa shape index (κ1) is 26.4. The molecule has 13 heteroatoms. The topological polar surface area (TPSA) is 85.9 Å². The molecule has 1 aliphatic heterocycles. The van der Waals surface area contributed by atoms with Crippen LogP contribution in [0.4, 0.5) is 18.9 Å². The summed E-state index contributed by atoms with van der Waals surface area (Å²) in [7, 11) is -1.42. The van der Waals surface area contributed by atoms with Crippen LogP contribution in [0.25, 0.3) is 0 Å². The van der Waals surface area contributed by atoms with Gasteiger partial charge in [0.25, 0.3) is 10.0 Å². The molecule has 0 saturated carbocycles. The highest BCUT2D eigenvalue weighted by molar-refractivity contribution is 9.10. The van der Waals surface area contributed by atoms with E-state index in [1.807, 2.05) is 0 Å². The van der Waals surface area contributed by atoms with Crippen LogP contribution in [0.1, 0.15) is 12.0 Å². The van der Waals surface area contributed by atoms with Gasteiger partial charge < -0.3 is 19.5 Å². The predicted octanol–water partition coefficient (Wildman–Crippen LogP) is 4.45. The van der Waals surface area contributed by atoms with Crippen molar-refractivity contribution in [2.24, 2.45) is 0 Å². The lowest BCUT2D eigenvalue weighted by Crippen LogP contribution is -2.22. The van der Waals surface area contributed by atoms with Crippen LogP contribution in [0.3, 0.4) is 0 Å². The average Bonchev–Trinajstić information content (AvgIpc) is 3.19. The Morgan fingerprint density at radius 3 is 2.41 bits per heavy atom. The molecule has 0 amide bonds. The van der Waals surface area contributed by atoms with Crippen LogP contribution in [-0.4, -0.2) is 41.8 Å². The molecule has 32 heavy (non-hydrogen) atoms. The van der Waals surface area contributed by atoms with Gasteiger partial charge in [0, 0.05) is 12.6 Å². The molecule has 3 rings (SSSR count).